The summed E-state index contributed by atoms with van der Waals surface area (Å²) in [6.07, 6.45) is 1.60. The summed E-state index contributed by atoms with van der Waals surface area (Å²) in [7, 11) is 1.62. The number of benzene rings is 3. The van der Waals surface area contributed by atoms with Crippen molar-refractivity contribution < 1.29 is 19.1 Å². The molecule has 1 aliphatic heterocycles. The molecule has 1 aliphatic rings. The maximum absolute atomic E-state index is 13.2. The quantitative estimate of drug-likeness (QED) is 0.575. The lowest BCUT2D eigenvalue weighted by molar-refractivity contribution is -0.126. The number of piperidine rings is 1. The molecule has 166 valence electrons. The van der Waals surface area contributed by atoms with E-state index in [1.807, 2.05) is 71.6 Å². The lowest BCUT2D eigenvalue weighted by Gasteiger charge is -2.32. The molecule has 1 unspecified atom stereocenters. The summed E-state index contributed by atoms with van der Waals surface area (Å²) in [6, 6.07) is 21.0. The first-order chi connectivity index (χ1) is 15.7. The fraction of sp³-hybridized carbons (Fsp3) is 0.308. The fourth-order valence-corrected chi connectivity index (χ4v) is 4.12. The summed E-state index contributed by atoms with van der Waals surface area (Å²) in [6.45, 7) is 1.90. The monoisotopic (exact) mass is 432 g/mol. The summed E-state index contributed by atoms with van der Waals surface area (Å²) in [4.78, 5) is 27.7. The van der Waals surface area contributed by atoms with Crippen LogP contribution in [0.1, 0.15) is 23.2 Å². The molecule has 6 heteroatoms. The third kappa shape index (κ3) is 5.02. The lowest BCUT2D eigenvalue weighted by Crippen LogP contribution is -2.46. The zero-order valence-electron chi connectivity index (χ0n) is 18.3. The predicted molar refractivity (Wildman–Crippen MR) is 124 cm³/mol. The zero-order valence-corrected chi connectivity index (χ0v) is 18.3. The molecule has 0 aromatic heterocycles. The number of nitrogens with zero attached hydrogens (tertiary/aromatic N) is 1. The van der Waals surface area contributed by atoms with Gasteiger partial charge in [-0.2, -0.15) is 0 Å². The Balaban J connectivity index is 1.30. The van der Waals surface area contributed by atoms with Crippen LogP contribution in [-0.2, 0) is 4.79 Å². The Bertz CT molecular complexity index is 1080. The van der Waals surface area contributed by atoms with E-state index in [4.69, 9.17) is 9.47 Å². The third-order valence-electron chi connectivity index (χ3n) is 5.83. The molecule has 0 bridgehead atoms. The largest absolute Gasteiger partial charge is 0.497 e. The van der Waals surface area contributed by atoms with Crippen LogP contribution >= 0.6 is 0 Å². The first kappa shape index (κ1) is 21.7. The smallest absolute Gasteiger partial charge is 0.254 e. The molecule has 0 radical (unpaired) electrons. The number of fused-ring (bicyclic) bond motifs is 1. The average molecular weight is 433 g/mol. The average Bonchev–Trinajstić information content (AvgIpc) is 2.86. The molecule has 1 saturated heterocycles. The molecule has 0 saturated carbocycles. The van der Waals surface area contributed by atoms with E-state index in [-0.39, 0.29) is 17.7 Å². The molecule has 0 spiro atoms. The van der Waals surface area contributed by atoms with Gasteiger partial charge in [0.2, 0.25) is 5.91 Å². The standard InChI is InChI=1S/C26H28N2O4/c1-31-21-11-13-22(14-12-21)32-17-15-27-25(29)20-8-5-16-28(18-20)26(30)24-10-4-7-19-6-2-3-9-23(19)24/h2-4,6-7,9-14,20H,5,8,15-18H2,1H3,(H,27,29). The molecule has 1 heterocycles. The van der Waals surface area contributed by atoms with E-state index in [1.54, 1.807) is 7.11 Å². The number of ether oxygens (including phenoxy) is 2. The van der Waals surface area contributed by atoms with Crippen molar-refractivity contribution in [2.24, 2.45) is 5.92 Å². The maximum atomic E-state index is 13.2. The maximum Gasteiger partial charge on any atom is 0.254 e. The van der Waals surface area contributed by atoms with E-state index in [0.717, 1.165) is 35.1 Å². The summed E-state index contributed by atoms with van der Waals surface area (Å²) >= 11 is 0. The van der Waals surface area contributed by atoms with Crippen LogP contribution in [0.4, 0.5) is 0 Å². The van der Waals surface area contributed by atoms with Crippen molar-refractivity contribution in [1.82, 2.24) is 10.2 Å². The Morgan fingerprint density at radius 3 is 2.56 bits per heavy atom. The first-order valence-corrected chi connectivity index (χ1v) is 11.0. The van der Waals surface area contributed by atoms with Crippen molar-refractivity contribution in [3.8, 4) is 11.5 Å². The van der Waals surface area contributed by atoms with Gasteiger partial charge in [-0.1, -0.05) is 36.4 Å². The van der Waals surface area contributed by atoms with Crippen molar-refractivity contribution in [1.29, 1.82) is 0 Å². The third-order valence-corrected chi connectivity index (χ3v) is 5.83. The Kier molecular flexibility index (Phi) is 6.90. The van der Waals surface area contributed by atoms with Crippen LogP contribution in [0.2, 0.25) is 0 Å². The highest BCUT2D eigenvalue weighted by Crippen LogP contribution is 2.24. The number of carbonyl (C=O) groups excluding carboxylic acids is 2. The van der Waals surface area contributed by atoms with Gasteiger partial charge in [0.05, 0.1) is 19.6 Å². The van der Waals surface area contributed by atoms with Gasteiger partial charge in [-0.3, -0.25) is 9.59 Å². The van der Waals surface area contributed by atoms with Crippen molar-refractivity contribution in [3.05, 3.63) is 72.3 Å². The molecule has 2 amide bonds. The molecule has 3 aromatic carbocycles. The number of likely N-dealkylation sites (tertiary alicyclic amines) is 1. The molecule has 1 atom stereocenters. The lowest BCUT2D eigenvalue weighted by atomic mass is 9.95. The van der Waals surface area contributed by atoms with Gasteiger partial charge < -0.3 is 19.7 Å². The molecule has 1 fully saturated rings. The predicted octanol–water partition coefficient (Wildman–Crippen LogP) is 3.90. The minimum Gasteiger partial charge on any atom is -0.497 e. The summed E-state index contributed by atoms with van der Waals surface area (Å²) in [5.74, 6) is 1.25. The van der Waals surface area contributed by atoms with Gasteiger partial charge in [0.25, 0.3) is 5.91 Å². The molecule has 3 aromatic rings. The summed E-state index contributed by atoms with van der Waals surface area (Å²) < 4.78 is 10.8. The number of amides is 2. The molecule has 1 N–H and O–H groups in total. The number of carbonyl (C=O) groups is 2. The highest BCUT2D eigenvalue weighted by Gasteiger charge is 2.29. The number of hydrogen-bond acceptors (Lipinski definition) is 4. The van der Waals surface area contributed by atoms with Crippen LogP contribution in [-0.4, -0.2) is 50.1 Å². The Morgan fingerprint density at radius 1 is 1.00 bits per heavy atom. The molecule has 0 aliphatic carbocycles. The van der Waals surface area contributed by atoms with Gasteiger partial charge in [-0.25, -0.2) is 0 Å². The number of methoxy groups -OCH3 is 1. The van der Waals surface area contributed by atoms with E-state index in [0.29, 0.717) is 31.8 Å². The molecular formula is C26H28N2O4. The van der Waals surface area contributed by atoms with E-state index in [9.17, 15) is 9.59 Å². The van der Waals surface area contributed by atoms with Gasteiger partial charge in [0.15, 0.2) is 0 Å². The first-order valence-electron chi connectivity index (χ1n) is 11.0. The molecule has 6 nitrogen and oxygen atoms in total. The van der Waals surface area contributed by atoms with Gasteiger partial charge in [0, 0.05) is 18.7 Å². The second-order valence-corrected chi connectivity index (χ2v) is 7.93. The highest BCUT2D eigenvalue weighted by atomic mass is 16.5. The molecular weight excluding hydrogens is 404 g/mol. The molecule has 32 heavy (non-hydrogen) atoms. The number of rotatable bonds is 7. The van der Waals surface area contributed by atoms with Crippen LogP contribution in [0.3, 0.4) is 0 Å². The van der Waals surface area contributed by atoms with Crippen molar-refractivity contribution in [2.75, 3.05) is 33.4 Å². The van der Waals surface area contributed by atoms with Crippen molar-refractivity contribution in [2.45, 2.75) is 12.8 Å². The van der Waals surface area contributed by atoms with E-state index in [2.05, 4.69) is 5.32 Å². The van der Waals surface area contributed by atoms with Gasteiger partial charge in [-0.15, -0.1) is 0 Å². The SMILES string of the molecule is COc1ccc(OCCNC(=O)C2CCCN(C(=O)c3cccc4ccccc34)C2)cc1. The van der Waals surface area contributed by atoms with Crippen molar-refractivity contribution in [3.63, 3.8) is 0 Å². The van der Waals surface area contributed by atoms with Gasteiger partial charge >= 0.3 is 0 Å². The minimum absolute atomic E-state index is 0.0119. The van der Waals surface area contributed by atoms with Crippen LogP contribution in [0, 0.1) is 5.92 Å². The van der Waals surface area contributed by atoms with E-state index in [1.165, 1.54) is 0 Å². The number of hydrogen-bond donors (Lipinski definition) is 1. The Morgan fingerprint density at radius 2 is 1.75 bits per heavy atom. The van der Waals surface area contributed by atoms with Crippen LogP contribution in [0.15, 0.2) is 66.7 Å². The van der Waals surface area contributed by atoms with Crippen LogP contribution in [0.25, 0.3) is 10.8 Å². The van der Waals surface area contributed by atoms with Crippen molar-refractivity contribution >= 4 is 22.6 Å². The fourth-order valence-electron chi connectivity index (χ4n) is 4.12. The normalized spacial score (nSPS) is 15.9. The second kappa shape index (κ2) is 10.2. The summed E-state index contributed by atoms with van der Waals surface area (Å²) in [5.41, 5.74) is 0.692. The van der Waals surface area contributed by atoms with Gasteiger partial charge in [0.1, 0.15) is 18.1 Å². The Labute approximate surface area is 188 Å². The van der Waals surface area contributed by atoms with Crippen LogP contribution in [0.5, 0.6) is 11.5 Å². The van der Waals surface area contributed by atoms with E-state index >= 15 is 0 Å². The number of nitrogens with one attached hydrogen (secondary N) is 1. The van der Waals surface area contributed by atoms with Gasteiger partial charge in [-0.05, 0) is 53.9 Å². The highest BCUT2D eigenvalue weighted by molar-refractivity contribution is 6.07. The summed E-state index contributed by atoms with van der Waals surface area (Å²) in [5, 5.41) is 4.94. The van der Waals surface area contributed by atoms with E-state index < -0.39 is 0 Å². The zero-order chi connectivity index (χ0) is 22.3. The Hall–Kier alpha value is -3.54. The second-order valence-electron chi connectivity index (χ2n) is 7.93. The van der Waals surface area contributed by atoms with Crippen LogP contribution < -0.4 is 14.8 Å². The molecule has 4 rings (SSSR count). The minimum atomic E-state index is -0.205. The topological polar surface area (TPSA) is 67.9 Å².